The molecule has 4 rings (SSSR count). The molecule has 0 spiro atoms. The van der Waals surface area contributed by atoms with Crippen molar-refractivity contribution in [1.29, 1.82) is 0 Å². The van der Waals surface area contributed by atoms with Crippen molar-refractivity contribution in [2.24, 2.45) is 11.8 Å². The highest BCUT2D eigenvalue weighted by molar-refractivity contribution is 7.10. The summed E-state index contributed by atoms with van der Waals surface area (Å²) in [6.45, 7) is 6.25. The van der Waals surface area contributed by atoms with Gasteiger partial charge in [-0.2, -0.15) is 0 Å². The van der Waals surface area contributed by atoms with E-state index < -0.39 is 0 Å². The molecule has 33 heavy (non-hydrogen) atoms. The maximum Gasteiger partial charge on any atom is 0.242 e. The van der Waals surface area contributed by atoms with Crippen LogP contribution in [0.25, 0.3) is 0 Å². The number of hydrogen-bond donors (Lipinski definition) is 0. The molecule has 2 amide bonds. The van der Waals surface area contributed by atoms with Gasteiger partial charge < -0.3 is 14.5 Å². The molecule has 1 saturated carbocycles. The minimum absolute atomic E-state index is 0.0311. The first-order chi connectivity index (χ1) is 16.0. The average Bonchev–Trinajstić information content (AvgIpc) is 3.52. The lowest BCUT2D eigenvalue weighted by molar-refractivity contribution is -0.144. The number of carbonyl (C=O) groups is 2. The van der Waals surface area contributed by atoms with Gasteiger partial charge in [0.2, 0.25) is 11.8 Å². The molecule has 6 heteroatoms. The summed E-state index contributed by atoms with van der Waals surface area (Å²) in [5.74, 6) is 1.60. The van der Waals surface area contributed by atoms with Gasteiger partial charge in [-0.1, -0.05) is 44.9 Å². The van der Waals surface area contributed by atoms with E-state index in [2.05, 4.69) is 25.3 Å². The third kappa shape index (κ3) is 5.97. The molecule has 0 saturated heterocycles. The van der Waals surface area contributed by atoms with Gasteiger partial charge in [-0.15, -0.1) is 11.3 Å². The van der Waals surface area contributed by atoms with Crippen LogP contribution >= 0.6 is 11.3 Å². The molecule has 2 aromatic rings. The molecular weight excluding hydrogens is 432 g/mol. The van der Waals surface area contributed by atoms with Crippen LogP contribution < -0.4 is 4.74 Å². The second kappa shape index (κ2) is 11.2. The van der Waals surface area contributed by atoms with Crippen LogP contribution in [-0.4, -0.2) is 47.9 Å². The Hall–Kier alpha value is -2.34. The molecule has 1 fully saturated rings. The highest BCUT2D eigenvalue weighted by Gasteiger charge is 2.35. The van der Waals surface area contributed by atoms with Gasteiger partial charge in [0.25, 0.3) is 0 Å². The summed E-state index contributed by atoms with van der Waals surface area (Å²) in [6.07, 6.45) is 5.94. The van der Waals surface area contributed by atoms with Gasteiger partial charge in [0.15, 0.2) is 0 Å². The third-order valence-electron chi connectivity index (χ3n) is 6.88. The largest absolute Gasteiger partial charge is 0.491 e. The number of ether oxygens (including phenoxy) is 1. The number of hydrogen-bond acceptors (Lipinski definition) is 4. The van der Waals surface area contributed by atoms with Crippen LogP contribution in [-0.2, 0) is 16.0 Å². The number of fused-ring (bicyclic) bond motifs is 1. The summed E-state index contributed by atoms with van der Waals surface area (Å²) < 4.78 is 6.10. The monoisotopic (exact) mass is 468 g/mol. The van der Waals surface area contributed by atoms with Crippen LogP contribution in [0.1, 0.15) is 62.4 Å². The first kappa shape index (κ1) is 23.8. The quantitative estimate of drug-likeness (QED) is 0.501. The van der Waals surface area contributed by atoms with Crippen LogP contribution in [0.2, 0.25) is 0 Å². The maximum atomic E-state index is 13.6. The molecule has 1 aromatic heterocycles. The zero-order valence-electron chi connectivity index (χ0n) is 19.9. The fraction of sp³-hybridized carbons (Fsp3) is 0.556. The lowest BCUT2D eigenvalue weighted by Gasteiger charge is -2.37. The van der Waals surface area contributed by atoms with Crippen LogP contribution in [0, 0.1) is 11.8 Å². The van der Waals surface area contributed by atoms with E-state index in [1.165, 1.54) is 10.4 Å². The molecule has 1 aliphatic carbocycles. The molecule has 2 heterocycles. The topological polar surface area (TPSA) is 49.9 Å². The molecule has 1 unspecified atom stereocenters. The number of benzene rings is 1. The smallest absolute Gasteiger partial charge is 0.242 e. The Balaban J connectivity index is 1.48. The summed E-state index contributed by atoms with van der Waals surface area (Å²) in [5.41, 5.74) is 1.19. The van der Waals surface area contributed by atoms with Crippen LogP contribution in [0.5, 0.6) is 5.75 Å². The van der Waals surface area contributed by atoms with Crippen molar-refractivity contribution >= 4 is 23.2 Å². The van der Waals surface area contributed by atoms with Gasteiger partial charge in [-0.05, 0) is 60.7 Å². The van der Waals surface area contributed by atoms with Gasteiger partial charge in [-0.25, -0.2) is 0 Å². The molecule has 0 radical (unpaired) electrons. The summed E-state index contributed by atoms with van der Waals surface area (Å²) in [5, 5.41) is 2.10. The zero-order valence-corrected chi connectivity index (χ0v) is 20.7. The highest BCUT2D eigenvalue weighted by Crippen LogP contribution is 2.34. The lowest BCUT2D eigenvalue weighted by atomic mass is 10.00. The minimum Gasteiger partial charge on any atom is -0.491 e. The van der Waals surface area contributed by atoms with Crippen molar-refractivity contribution in [2.45, 2.75) is 58.4 Å². The fourth-order valence-corrected chi connectivity index (χ4v) is 5.86. The number of amides is 2. The predicted octanol–water partition coefficient (Wildman–Crippen LogP) is 5.32. The summed E-state index contributed by atoms with van der Waals surface area (Å²) >= 11 is 1.75. The first-order valence-electron chi connectivity index (χ1n) is 12.3. The van der Waals surface area contributed by atoms with Crippen molar-refractivity contribution in [3.05, 3.63) is 52.2 Å². The third-order valence-corrected chi connectivity index (χ3v) is 7.88. The Bertz CT molecular complexity index is 920. The van der Waals surface area contributed by atoms with Crippen molar-refractivity contribution in [3.63, 3.8) is 0 Å². The van der Waals surface area contributed by atoms with E-state index in [9.17, 15) is 9.59 Å². The molecule has 1 aliphatic heterocycles. The zero-order chi connectivity index (χ0) is 23.2. The maximum absolute atomic E-state index is 13.6. The normalized spacial score (nSPS) is 18.4. The van der Waals surface area contributed by atoms with E-state index in [-0.39, 0.29) is 30.3 Å². The fourth-order valence-electron chi connectivity index (χ4n) is 4.93. The number of nitrogens with zero attached hydrogens (tertiary/aromatic N) is 2. The van der Waals surface area contributed by atoms with Crippen LogP contribution in [0.3, 0.4) is 0 Å². The number of thiophene rings is 1. The van der Waals surface area contributed by atoms with E-state index in [4.69, 9.17) is 4.74 Å². The predicted molar refractivity (Wildman–Crippen MR) is 132 cm³/mol. The summed E-state index contributed by atoms with van der Waals surface area (Å²) in [6, 6.07) is 11.8. The standard InChI is InChI=1S/C27H36N2O3S/c1-20(2)12-15-28(27(31)21-8-6-7-9-21)18-26(30)29-16-13-25-23(14-17-33-25)24(29)19-32-22-10-4-3-5-11-22/h3-5,10-11,14,17,20-21,24H,6-9,12-13,15-16,18-19H2,1-2H3. The molecule has 1 atom stereocenters. The Morgan fingerprint density at radius 2 is 1.91 bits per heavy atom. The average molecular weight is 469 g/mol. The van der Waals surface area contributed by atoms with Crippen molar-refractivity contribution in [3.8, 4) is 5.75 Å². The van der Waals surface area contributed by atoms with Crippen molar-refractivity contribution < 1.29 is 14.3 Å². The SMILES string of the molecule is CC(C)CCN(CC(=O)N1CCc2sccc2C1COc1ccccc1)C(=O)C1CCCC1. The molecular formula is C27H36N2O3S. The van der Waals surface area contributed by atoms with Crippen LogP contribution in [0.4, 0.5) is 0 Å². The number of rotatable bonds is 9. The van der Waals surface area contributed by atoms with E-state index in [0.717, 1.165) is 44.3 Å². The van der Waals surface area contributed by atoms with Crippen molar-refractivity contribution in [2.75, 3.05) is 26.2 Å². The highest BCUT2D eigenvalue weighted by atomic mass is 32.1. The molecule has 2 aliphatic rings. The molecule has 1 aromatic carbocycles. The van der Waals surface area contributed by atoms with Gasteiger partial charge >= 0.3 is 0 Å². The van der Waals surface area contributed by atoms with E-state index in [0.29, 0.717) is 25.6 Å². The molecule has 0 bridgehead atoms. The summed E-state index contributed by atoms with van der Waals surface area (Å²) in [4.78, 5) is 32.0. The minimum atomic E-state index is -0.124. The van der Waals surface area contributed by atoms with E-state index in [1.54, 1.807) is 11.3 Å². The molecule has 178 valence electrons. The Morgan fingerprint density at radius 3 is 2.64 bits per heavy atom. The lowest BCUT2D eigenvalue weighted by Crippen LogP contribution is -2.49. The number of carbonyl (C=O) groups excluding carboxylic acids is 2. The van der Waals surface area contributed by atoms with Gasteiger partial charge in [-0.3, -0.25) is 9.59 Å². The molecule has 5 nitrogen and oxygen atoms in total. The Labute approximate surface area is 201 Å². The van der Waals surface area contributed by atoms with Gasteiger partial charge in [0.05, 0.1) is 12.6 Å². The summed E-state index contributed by atoms with van der Waals surface area (Å²) in [7, 11) is 0. The van der Waals surface area contributed by atoms with E-state index >= 15 is 0 Å². The van der Waals surface area contributed by atoms with E-state index in [1.807, 2.05) is 40.1 Å². The van der Waals surface area contributed by atoms with Gasteiger partial charge in [0.1, 0.15) is 12.4 Å². The second-order valence-corrected chi connectivity index (χ2v) is 10.7. The van der Waals surface area contributed by atoms with Crippen molar-refractivity contribution in [1.82, 2.24) is 9.80 Å². The Morgan fingerprint density at radius 1 is 1.15 bits per heavy atom. The number of para-hydroxylation sites is 1. The second-order valence-electron chi connectivity index (χ2n) is 9.70. The van der Waals surface area contributed by atoms with Gasteiger partial charge in [0, 0.05) is 23.9 Å². The Kier molecular flexibility index (Phi) is 8.07. The first-order valence-corrected chi connectivity index (χ1v) is 13.2. The van der Waals surface area contributed by atoms with Crippen LogP contribution in [0.15, 0.2) is 41.8 Å². The molecule has 0 N–H and O–H groups in total.